The molecule has 1 aliphatic carbocycles. The van der Waals surface area contributed by atoms with Crippen molar-refractivity contribution in [3.05, 3.63) is 0 Å². The number of carbonyl (C=O) groups is 1. The average Bonchev–Trinajstić information content (AvgIpc) is 2.31. The van der Waals surface area contributed by atoms with Crippen molar-refractivity contribution in [1.29, 1.82) is 0 Å². The van der Waals surface area contributed by atoms with E-state index >= 15 is 0 Å². The Morgan fingerprint density at radius 3 is 2.67 bits per heavy atom. The van der Waals surface area contributed by atoms with Gasteiger partial charge in [-0.1, -0.05) is 26.7 Å². The van der Waals surface area contributed by atoms with E-state index in [1.807, 2.05) is 0 Å². The largest absolute Gasteiger partial charge is 0.391 e. The van der Waals surface area contributed by atoms with Crippen LogP contribution in [0.1, 0.15) is 52.4 Å². The zero-order valence-corrected chi connectivity index (χ0v) is 11.5. The molecule has 1 amide bonds. The van der Waals surface area contributed by atoms with Crippen LogP contribution in [0.2, 0.25) is 0 Å². The zero-order chi connectivity index (χ0) is 13.2. The summed E-state index contributed by atoms with van der Waals surface area (Å²) in [4.78, 5) is 12.3. The van der Waals surface area contributed by atoms with Gasteiger partial charge in [-0.2, -0.15) is 0 Å². The van der Waals surface area contributed by atoms with Crippen molar-refractivity contribution in [2.75, 3.05) is 6.54 Å². The van der Waals surface area contributed by atoms with E-state index in [9.17, 15) is 9.90 Å². The minimum absolute atomic E-state index is 0.00194. The van der Waals surface area contributed by atoms with Crippen LogP contribution in [-0.2, 0) is 4.79 Å². The molecule has 1 saturated heterocycles. The van der Waals surface area contributed by atoms with Crippen molar-refractivity contribution in [2.45, 2.75) is 70.6 Å². The average molecular weight is 254 g/mol. The smallest absolute Gasteiger partial charge is 0.237 e. The SMILES string of the molecule is CC1(C)CCCNC1C(=O)N[C@@H]1CCCC[C@H]1O. The molecule has 0 aromatic heterocycles. The lowest BCUT2D eigenvalue weighted by atomic mass is 9.77. The second-order valence-corrected chi connectivity index (χ2v) is 6.45. The van der Waals surface area contributed by atoms with Gasteiger partial charge in [-0.3, -0.25) is 4.79 Å². The molecule has 3 atom stereocenters. The van der Waals surface area contributed by atoms with Crippen molar-refractivity contribution >= 4 is 5.91 Å². The molecule has 2 aliphatic rings. The molecule has 3 N–H and O–H groups in total. The van der Waals surface area contributed by atoms with Crippen LogP contribution in [0, 0.1) is 5.41 Å². The molecular weight excluding hydrogens is 228 g/mol. The first kappa shape index (κ1) is 13.8. The number of aliphatic hydroxyl groups excluding tert-OH is 1. The van der Waals surface area contributed by atoms with Crippen molar-refractivity contribution in [3.8, 4) is 0 Å². The summed E-state index contributed by atoms with van der Waals surface area (Å²) in [6.07, 6.45) is 5.72. The summed E-state index contributed by atoms with van der Waals surface area (Å²) in [6.45, 7) is 5.19. The molecule has 1 unspecified atom stereocenters. The van der Waals surface area contributed by atoms with Gasteiger partial charge in [0.25, 0.3) is 0 Å². The lowest BCUT2D eigenvalue weighted by molar-refractivity contribution is -0.128. The maximum atomic E-state index is 12.3. The zero-order valence-electron chi connectivity index (χ0n) is 11.5. The number of piperidine rings is 1. The van der Waals surface area contributed by atoms with Crippen molar-refractivity contribution in [3.63, 3.8) is 0 Å². The minimum Gasteiger partial charge on any atom is -0.391 e. The molecule has 104 valence electrons. The fraction of sp³-hybridized carbons (Fsp3) is 0.929. The molecule has 2 fully saturated rings. The number of hydrogen-bond acceptors (Lipinski definition) is 3. The van der Waals surface area contributed by atoms with Crippen LogP contribution < -0.4 is 10.6 Å². The van der Waals surface area contributed by atoms with E-state index in [1.54, 1.807) is 0 Å². The minimum atomic E-state index is -0.366. The van der Waals surface area contributed by atoms with Crippen LogP contribution in [0.25, 0.3) is 0 Å². The van der Waals surface area contributed by atoms with Gasteiger partial charge in [0.1, 0.15) is 0 Å². The van der Waals surface area contributed by atoms with E-state index in [2.05, 4.69) is 24.5 Å². The molecule has 0 aromatic carbocycles. The van der Waals surface area contributed by atoms with Crippen LogP contribution in [0.3, 0.4) is 0 Å². The van der Waals surface area contributed by atoms with Gasteiger partial charge < -0.3 is 15.7 Å². The standard InChI is InChI=1S/C14H26N2O2/c1-14(2)8-5-9-15-12(14)13(18)16-10-6-3-4-7-11(10)17/h10-12,15,17H,3-9H2,1-2H3,(H,16,18)/t10-,11-,12?/m1/s1. The second kappa shape index (κ2) is 5.57. The molecule has 0 spiro atoms. The first-order valence-corrected chi connectivity index (χ1v) is 7.22. The third kappa shape index (κ3) is 3.04. The molecule has 1 aliphatic heterocycles. The van der Waals surface area contributed by atoms with E-state index in [1.165, 1.54) is 0 Å². The van der Waals surface area contributed by atoms with Gasteiger partial charge in [-0.25, -0.2) is 0 Å². The van der Waals surface area contributed by atoms with E-state index in [-0.39, 0.29) is 29.5 Å². The fourth-order valence-electron chi connectivity index (χ4n) is 3.20. The van der Waals surface area contributed by atoms with Crippen LogP contribution in [-0.4, -0.2) is 35.7 Å². The number of amides is 1. The van der Waals surface area contributed by atoms with Gasteiger partial charge in [0, 0.05) is 0 Å². The Bertz CT molecular complexity index is 304. The number of nitrogens with one attached hydrogen (secondary N) is 2. The van der Waals surface area contributed by atoms with E-state index in [4.69, 9.17) is 0 Å². The number of rotatable bonds is 2. The first-order valence-electron chi connectivity index (χ1n) is 7.22. The van der Waals surface area contributed by atoms with Crippen LogP contribution in [0.15, 0.2) is 0 Å². The van der Waals surface area contributed by atoms with Crippen LogP contribution >= 0.6 is 0 Å². The van der Waals surface area contributed by atoms with Gasteiger partial charge in [-0.15, -0.1) is 0 Å². The van der Waals surface area contributed by atoms with Crippen molar-refractivity contribution < 1.29 is 9.90 Å². The van der Waals surface area contributed by atoms with Gasteiger partial charge in [0.15, 0.2) is 0 Å². The Labute approximate surface area is 110 Å². The summed E-state index contributed by atoms with van der Waals surface area (Å²) in [6, 6.07) is -0.175. The number of aliphatic hydroxyl groups is 1. The Balaban J connectivity index is 1.94. The summed E-state index contributed by atoms with van der Waals surface area (Å²) in [5, 5.41) is 16.3. The predicted molar refractivity (Wildman–Crippen MR) is 71.2 cm³/mol. The molecule has 2 rings (SSSR count). The first-order chi connectivity index (χ1) is 8.50. The molecule has 18 heavy (non-hydrogen) atoms. The van der Waals surface area contributed by atoms with Gasteiger partial charge in [0.05, 0.1) is 18.2 Å². The normalized spacial score (nSPS) is 36.1. The molecular formula is C14H26N2O2. The molecule has 4 heteroatoms. The lowest BCUT2D eigenvalue weighted by Gasteiger charge is -2.39. The molecule has 1 saturated carbocycles. The molecule has 0 radical (unpaired) electrons. The summed E-state index contributed by atoms with van der Waals surface area (Å²) in [5.74, 6) is 0.0608. The van der Waals surface area contributed by atoms with Gasteiger partial charge in [0.2, 0.25) is 5.91 Å². The Hall–Kier alpha value is -0.610. The number of hydrogen-bond donors (Lipinski definition) is 3. The number of carbonyl (C=O) groups excluding carboxylic acids is 1. The van der Waals surface area contributed by atoms with E-state index in [0.29, 0.717) is 0 Å². The Morgan fingerprint density at radius 2 is 2.00 bits per heavy atom. The highest BCUT2D eigenvalue weighted by Gasteiger charge is 2.38. The third-order valence-corrected chi connectivity index (χ3v) is 4.45. The Morgan fingerprint density at radius 1 is 1.28 bits per heavy atom. The lowest BCUT2D eigenvalue weighted by Crippen LogP contribution is -2.58. The fourth-order valence-corrected chi connectivity index (χ4v) is 3.20. The summed E-state index contributed by atoms with van der Waals surface area (Å²) >= 11 is 0. The highest BCUT2D eigenvalue weighted by atomic mass is 16.3. The van der Waals surface area contributed by atoms with Crippen LogP contribution in [0.5, 0.6) is 0 Å². The summed E-state index contributed by atoms with van der Waals surface area (Å²) < 4.78 is 0. The van der Waals surface area contributed by atoms with E-state index < -0.39 is 0 Å². The maximum Gasteiger partial charge on any atom is 0.237 e. The maximum absolute atomic E-state index is 12.3. The summed E-state index contributed by atoms with van der Waals surface area (Å²) in [7, 11) is 0. The van der Waals surface area contributed by atoms with Gasteiger partial charge in [-0.05, 0) is 37.6 Å². The predicted octanol–water partition coefficient (Wildman–Crippen LogP) is 1.18. The molecule has 1 heterocycles. The molecule has 0 aromatic rings. The quantitative estimate of drug-likeness (QED) is 0.693. The highest BCUT2D eigenvalue weighted by Crippen LogP contribution is 2.30. The molecule has 4 nitrogen and oxygen atoms in total. The molecule has 0 bridgehead atoms. The van der Waals surface area contributed by atoms with Gasteiger partial charge >= 0.3 is 0 Å². The summed E-state index contributed by atoms with van der Waals surface area (Å²) in [5.41, 5.74) is 0.00194. The Kier molecular flexibility index (Phi) is 4.28. The van der Waals surface area contributed by atoms with Crippen molar-refractivity contribution in [2.24, 2.45) is 5.41 Å². The topological polar surface area (TPSA) is 61.4 Å². The highest BCUT2D eigenvalue weighted by molar-refractivity contribution is 5.83. The van der Waals surface area contributed by atoms with E-state index in [0.717, 1.165) is 45.1 Å². The second-order valence-electron chi connectivity index (χ2n) is 6.45. The van der Waals surface area contributed by atoms with Crippen molar-refractivity contribution in [1.82, 2.24) is 10.6 Å². The monoisotopic (exact) mass is 254 g/mol. The van der Waals surface area contributed by atoms with Crippen LogP contribution in [0.4, 0.5) is 0 Å². The third-order valence-electron chi connectivity index (χ3n) is 4.45.